The summed E-state index contributed by atoms with van der Waals surface area (Å²) < 4.78 is 5.86. The molecule has 1 heterocycles. The lowest BCUT2D eigenvalue weighted by atomic mass is 10.0. The van der Waals surface area contributed by atoms with Crippen LogP contribution in [0.25, 0.3) is 22.9 Å². The molecule has 0 radical (unpaired) electrons. The van der Waals surface area contributed by atoms with Gasteiger partial charge in [-0.1, -0.05) is 30.3 Å². The number of nitrogens with one attached hydrogen (secondary N) is 1. The number of aromatic amines is 1. The van der Waals surface area contributed by atoms with Gasteiger partial charge >= 0.3 is 11.2 Å². The zero-order chi connectivity index (χ0) is 19.6. The van der Waals surface area contributed by atoms with Crippen molar-refractivity contribution < 1.29 is 14.8 Å². The van der Waals surface area contributed by atoms with Gasteiger partial charge in [0.1, 0.15) is 11.6 Å². The van der Waals surface area contributed by atoms with Crippen molar-refractivity contribution in [3.8, 4) is 11.6 Å². The Morgan fingerprint density at radius 1 is 1.22 bits per heavy atom. The van der Waals surface area contributed by atoms with Gasteiger partial charge in [0, 0.05) is 5.56 Å². The number of nitro groups is 1. The molecule has 0 amide bonds. The van der Waals surface area contributed by atoms with E-state index in [1.54, 1.807) is 6.08 Å². The Bertz CT molecular complexity index is 1100. The van der Waals surface area contributed by atoms with Crippen molar-refractivity contribution in [3.05, 3.63) is 68.3 Å². The predicted octanol–water partition coefficient (Wildman–Crippen LogP) is 3.49. The van der Waals surface area contributed by atoms with Gasteiger partial charge in [-0.3, -0.25) is 14.9 Å². The first kappa shape index (κ1) is 18.1. The fourth-order valence-corrected chi connectivity index (χ4v) is 2.68. The Morgan fingerprint density at radius 2 is 1.96 bits per heavy atom. The van der Waals surface area contributed by atoms with Crippen LogP contribution in [-0.2, 0) is 0 Å². The summed E-state index contributed by atoms with van der Waals surface area (Å²) in [6, 6.07) is 11.5. The number of benzene rings is 2. The first-order valence-corrected chi connectivity index (χ1v) is 8.21. The highest BCUT2D eigenvalue weighted by Gasteiger charge is 2.21. The molecule has 0 saturated heterocycles. The van der Waals surface area contributed by atoms with Crippen LogP contribution in [0.5, 0.6) is 11.6 Å². The Balaban J connectivity index is 2.10. The Labute approximate surface area is 153 Å². The number of rotatable bonds is 5. The molecule has 0 atom stereocenters. The van der Waals surface area contributed by atoms with Crippen molar-refractivity contribution in [1.82, 2.24) is 9.97 Å². The molecule has 2 aromatic carbocycles. The second-order valence-corrected chi connectivity index (χ2v) is 6.08. The van der Waals surface area contributed by atoms with E-state index in [4.69, 9.17) is 4.74 Å². The monoisotopic (exact) mass is 367 g/mol. The van der Waals surface area contributed by atoms with Gasteiger partial charge in [0.05, 0.1) is 11.0 Å². The fraction of sp³-hybridized carbons (Fsp3) is 0.158. The molecule has 3 rings (SSSR count). The number of nitrogens with zero attached hydrogens (tertiary/aromatic N) is 2. The van der Waals surface area contributed by atoms with Gasteiger partial charge in [-0.15, -0.1) is 0 Å². The van der Waals surface area contributed by atoms with Gasteiger partial charge in [-0.2, -0.15) is 4.98 Å². The van der Waals surface area contributed by atoms with E-state index in [-0.39, 0.29) is 11.9 Å². The summed E-state index contributed by atoms with van der Waals surface area (Å²) in [6.45, 7) is 3.83. The van der Waals surface area contributed by atoms with Gasteiger partial charge in [0.2, 0.25) is 0 Å². The van der Waals surface area contributed by atoms with Gasteiger partial charge in [-0.25, -0.2) is 0 Å². The molecule has 0 bridgehead atoms. The quantitative estimate of drug-likeness (QED) is 0.526. The topological polar surface area (TPSA) is 118 Å². The Morgan fingerprint density at radius 3 is 2.63 bits per heavy atom. The molecule has 0 unspecified atom stereocenters. The number of hydrogen-bond donors (Lipinski definition) is 2. The molecule has 2 N–H and O–H groups in total. The molecule has 138 valence electrons. The summed E-state index contributed by atoms with van der Waals surface area (Å²) >= 11 is 0. The minimum absolute atomic E-state index is 0.00784. The molecule has 0 fully saturated rings. The van der Waals surface area contributed by atoms with Crippen LogP contribution in [-0.4, -0.2) is 26.1 Å². The van der Waals surface area contributed by atoms with E-state index in [1.807, 2.05) is 50.2 Å². The van der Waals surface area contributed by atoms with Crippen molar-refractivity contribution in [3.63, 3.8) is 0 Å². The van der Waals surface area contributed by atoms with Crippen molar-refractivity contribution >= 4 is 28.6 Å². The second-order valence-electron chi connectivity index (χ2n) is 6.08. The normalized spacial score (nSPS) is 11.4. The first-order chi connectivity index (χ1) is 12.9. The fourth-order valence-electron chi connectivity index (χ4n) is 2.68. The largest absolute Gasteiger partial charge is 0.490 e. The van der Waals surface area contributed by atoms with E-state index in [9.17, 15) is 20.0 Å². The van der Waals surface area contributed by atoms with Crippen LogP contribution in [0, 0.1) is 10.1 Å². The van der Waals surface area contributed by atoms with Crippen LogP contribution in [0.2, 0.25) is 0 Å². The summed E-state index contributed by atoms with van der Waals surface area (Å²) in [6.07, 6.45) is 3.10. The van der Waals surface area contributed by atoms with Gasteiger partial charge in [0.25, 0.3) is 5.88 Å². The smallest absolute Gasteiger partial charge is 0.395 e. The zero-order valence-corrected chi connectivity index (χ0v) is 14.7. The Hall–Kier alpha value is -3.68. The van der Waals surface area contributed by atoms with E-state index in [0.29, 0.717) is 5.75 Å². The summed E-state index contributed by atoms with van der Waals surface area (Å²) in [5.41, 5.74) is -1.24. The molecule has 1 aromatic heterocycles. The third-order valence-corrected chi connectivity index (χ3v) is 3.78. The summed E-state index contributed by atoms with van der Waals surface area (Å²) in [5, 5.41) is 22.4. The van der Waals surface area contributed by atoms with E-state index in [2.05, 4.69) is 9.97 Å². The molecule has 0 spiro atoms. The van der Waals surface area contributed by atoms with Crippen LogP contribution in [0.3, 0.4) is 0 Å². The van der Waals surface area contributed by atoms with Crippen LogP contribution in [0.4, 0.5) is 5.69 Å². The maximum atomic E-state index is 11.8. The van der Waals surface area contributed by atoms with E-state index >= 15 is 0 Å². The number of H-pyrrole nitrogens is 1. The van der Waals surface area contributed by atoms with Crippen molar-refractivity contribution in [2.75, 3.05) is 0 Å². The van der Waals surface area contributed by atoms with E-state index < -0.39 is 22.0 Å². The first-order valence-electron chi connectivity index (χ1n) is 8.21. The third kappa shape index (κ3) is 3.79. The number of aromatic nitrogens is 2. The molecular formula is C19H17N3O5. The maximum Gasteiger partial charge on any atom is 0.395 e. The van der Waals surface area contributed by atoms with Crippen molar-refractivity contribution in [2.45, 2.75) is 20.0 Å². The molecule has 8 nitrogen and oxygen atoms in total. The molecule has 0 aliphatic heterocycles. The standard InChI is InChI=1S/C19H17N3O5/c1-11(2)27-15-9-7-12-5-3-4-6-13(12)14(15)8-10-16-20-18(23)17(22(25)26)19(24)21-16/h3-11H,1-2H3,(H2,20,21,23,24). The highest BCUT2D eigenvalue weighted by Crippen LogP contribution is 2.30. The summed E-state index contributed by atoms with van der Waals surface area (Å²) in [4.78, 5) is 27.5. The lowest BCUT2D eigenvalue weighted by molar-refractivity contribution is -0.387. The van der Waals surface area contributed by atoms with Crippen LogP contribution in [0.15, 0.2) is 41.2 Å². The number of ether oxygens (including phenoxy) is 1. The maximum absolute atomic E-state index is 11.8. The van der Waals surface area contributed by atoms with E-state index in [1.165, 1.54) is 6.08 Å². The number of fused-ring (bicyclic) bond motifs is 1. The number of hydrogen-bond acceptors (Lipinski definition) is 6. The van der Waals surface area contributed by atoms with Crippen molar-refractivity contribution in [1.29, 1.82) is 0 Å². The molecule has 0 aliphatic rings. The Kier molecular flexibility index (Phi) is 4.89. The minimum Gasteiger partial charge on any atom is -0.490 e. The summed E-state index contributed by atoms with van der Waals surface area (Å²) in [7, 11) is 0. The lowest BCUT2D eigenvalue weighted by Crippen LogP contribution is -2.14. The molecule has 0 saturated carbocycles. The van der Waals surface area contributed by atoms with Crippen LogP contribution in [0.1, 0.15) is 25.2 Å². The third-order valence-electron chi connectivity index (χ3n) is 3.78. The van der Waals surface area contributed by atoms with Crippen LogP contribution < -0.4 is 10.3 Å². The lowest BCUT2D eigenvalue weighted by Gasteiger charge is -2.14. The van der Waals surface area contributed by atoms with Gasteiger partial charge < -0.3 is 14.8 Å². The molecule has 3 aromatic rings. The molecule has 0 aliphatic carbocycles. The highest BCUT2D eigenvalue weighted by molar-refractivity contribution is 5.95. The van der Waals surface area contributed by atoms with Gasteiger partial charge in [-0.05, 0) is 42.8 Å². The predicted molar refractivity (Wildman–Crippen MR) is 102 cm³/mol. The minimum atomic E-state index is -1.02. The van der Waals surface area contributed by atoms with Gasteiger partial charge in [0.15, 0.2) is 0 Å². The van der Waals surface area contributed by atoms with E-state index in [0.717, 1.165) is 16.3 Å². The SMILES string of the molecule is CC(C)Oc1ccc2ccccc2c1C=Cc1nc(O)c([N+](=O)[O-])c(=O)[nH]1. The van der Waals surface area contributed by atoms with Crippen LogP contribution >= 0.6 is 0 Å². The van der Waals surface area contributed by atoms with Crippen molar-refractivity contribution in [2.24, 2.45) is 0 Å². The number of aromatic hydroxyl groups is 1. The molecular weight excluding hydrogens is 350 g/mol. The highest BCUT2D eigenvalue weighted by atomic mass is 16.6. The zero-order valence-electron chi connectivity index (χ0n) is 14.7. The second kappa shape index (κ2) is 7.28. The summed E-state index contributed by atoms with van der Waals surface area (Å²) in [5.74, 6) is -0.292. The average molecular weight is 367 g/mol. The average Bonchev–Trinajstić information content (AvgIpc) is 2.59. The molecule has 8 heteroatoms. The molecule has 27 heavy (non-hydrogen) atoms.